The second-order valence-electron chi connectivity index (χ2n) is 6.23. The monoisotopic (exact) mass is 377 g/mol. The van der Waals surface area contributed by atoms with E-state index in [-0.39, 0.29) is 23.5 Å². The number of ether oxygens (including phenoxy) is 1. The number of benzene rings is 1. The Kier molecular flexibility index (Phi) is 6.51. The number of morpholine rings is 1. The van der Waals surface area contributed by atoms with Crippen molar-refractivity contribution in [3.05, 3.63) is 24.3 Å². The van der Waals surface area contributed by atoms with Gasteiger partial charge in [-0.1, -0.05) is 0 Å². The Hall–Kier alpha value is -2.06. The van der Waals surface area contributed by atoms with Crippen LogP contribution in [0.15, 0.2) is 24.3 Å². The molecule has 0 bridgehead atoms. The average molecular weight is 377 g/mol. The molecule has 0 unspecified atom stereocenters. The van der Waals surface area contributed by atoms with Gasteiger partial charge in [0.15, 0.2) is 0 Å². The third-order valence-electron chi connectivity index (χ3n) is 4.36. The van der Waals surface area contributed by atoms with Gasteiger partial charge >= 0.3 is 0 Å². The van der Waals surface area contributed by atoms with E-state index in [1.807, 2.05) is 12.1 Å². The zero-order chi connectivity index (χ0) is 18.4. The number of hydrogen-bond acceptors (Lipinski definition) is 5. The van der Waals surface area contributed by atoms with Gasteiger partial charge in [0.25, 0.3) is 0 Å². The maximum absolute atomic E-state index is 12.0. The third kappa shape index (κ3) is 4.98. The van der Waals surface area contributed by atoms with Crippen molar-refractivity contribution >= 4 is 40.9 Å². The summed E-state index contributed by atoms with van der Waals surface area (Å²) in [5.74, 6) is 0.565. The van der Waals surface area contributed by atoms with Gasteiger partial charge in [0.05, 0.1) is 24.7 Å². The van der Waals surface area contributed by atoms with Gasteiger partial charge in [-0.05, 0) is 30.7 Å². The molecular formula is C18H23N3O4S. The van der Waals surface area contributed by atoms with Crippen molar-refractivity contribution in [2.24, 2.45) is 0 Å². The Morgan fingerprint density at radius 1 is 1.08 bits per heavy atom. The van der Waals surface area contributed by atoms with Crippen LogP contribution in [0.4, 0.5) is 11.4 Å². The lowest BCUT2D eigenvalue weighted by Gasteiger charge is -2.26. The fourth-order valence-corrected chi connectivity index (χ4v) is 3.69. The van der Waals surface area contributed by atoms with Gasteiger partial charge in [-0.15, -0.1) is 11.8 Å². The van der Waals surface area contributed by atoms with E-state index in [1.165, 1.54) is 11.8 Å². The molecule has 3 amide bonds. The molecule has 0 aliphatic carbocycles. The van der Waals surface area contributed by atoms with Gasteiger partial charge in [-0.2, -0.15) is 0 Å². The Morgan fingerprint density at radius 2 is 1.81 bits per heavy atom. The summed E-state index contributed by atoms with van der Waals surface area (Å²) in [6.07, 6.45) is 1.48. The van der Waals surface area contributed by atoms with Crippen LogP contribution in [0.3, 0.4) is 0 Å². The number of nitrogens with zero attached hydrogens (tertiary/aromatic N) is 2. The molecule has 1 aromatic carbocycles. The summed E-state index contributed by atoms with van der Waals surface area (Å²) in [4.78, 5) is 39.3. The SMILES string of the molecule is O=C(CSCC(=O)N1CCOCC1)Nc1ccc(N2CCCC2=O)cc1. The first-order chi connectivity index (χ1) is 12.6. The van der Waals surface area contributed by atoms with Crippen LogP contribution in [0.2, 0.25) is 0 Å². The molecule has 2 aliphatic rings. The Morgan fingerprint density at radius 3 is 2.46 bits per heavy atom. The minimum atomic E-state index is -0.144. The van der Waals surface area contributed by atoms with Gasteiger partial charge in [-0.25, -0.2) is 0 Å². The number of carbonyl (C=O) groups is 3. The predicted octanol–water partition coefficient (Wildman–Crippen LogP) is 1.34. The normalized spacial score (nSPS) is 17.5. The van der Waals surface area contributed by atoms with Crippen LogP contribution in [0.5, 0.6) is 0 Å². The number of amides is 3. The largest absolute Gasteiger partial charge is 0.378 e. The highest BCUT2D eigenvalue weighted by Gasteiger charge is 2.21. The van der Waals surface area contributed by atoms with Gasteiger partial charge < -0.3 is 19.9 Å². The van der Waals surface area contributed by atoms with Crippen LogP contribution >= 0.6 is 11.8 Å². The number of nitrogens with one attached hydrogen (secondary N) is 1. The standard InChI is InChI=1S/C18H23N3O4S/c22-16(12-26-13-18(24)20-8-10-25-11-9-20)19-14-3-5-15(6-4-14)21-7-1-2-17(21)23/h3-6H,1-2,7-13H2,(H,19,22). The molecule has 0 atom stereocenters. The molecule has 2 saturated heterocycles. The van der Waals surface area contributed by atoms with E-state index in [1.54, 1.807) is 21.9 Å². The van der Waals surface area contributed by atoms with Crippen LogP contribution in [0.1, 0.15) is 12.8 Å². The van der Waals surface area contributed by atoms with E-state index < -0.39 is 0 Å². The topological polar surface area (TPSA) is 79.0 Å². The zero-order valence-corrected chi connectivity index (χ0v) is 15.4. The van der Waals surface area contributed by atoms with Gasteiger partial charge in [-0.3, -0.25) is 14.4 Å². The molecule has 8 heteroatoms. The highest BCUT2D eigenvalue weighted by Crippen LogP contribution is 2.23. The quantitative estimate of drug-likeness (QED) is 0.809. The van der Waals surface area contributed by atoms with E-state index in [2.05, 4.69) is 5.32 Å². The first kappa shape index (κ1) is 18.7. The number of rotatable bonds is 6. The number of anilines is 2. The molecule has 2 heterocycles. The molecule has 0 radical (unpaired) electrons. The van der Waals surface area contributed by atoms with Crippen molar-refractivity contribution in [1.29, 1.82) is 0 Å². The molecule has 1 aromatic rings. The number of hydrogen-bond donors (Lipinski definition) is 1. The Bertz CT molecular complexity index is 659. The molecule has 2 aliphatic heterocycles. The van der Waals surface area contributed by atoms with E-state index in [0.717, 1.165) is 18.7 Å². The summed E-state index contributed by atoms with van der Waals surface area (Å²) in [6, 6.07) is 7.27. The maximum Gasteiger partial charge on any atom is 0.234 e. The Labute approximate surface area is 157 Å². The number of carbonyl (C=O) groups excluding carboxylic acids is 3. The minimum Gasteiger partial charge on any atom is -0.378 e. The van der Waals surface area contributed by atoms with Crippen LogP contribution in [-0.2, 0) is 19.1 Å². The molecule has 3 rings (SSSR count). The lowest BCUT2D eigenvalue weighted by atomic mass is 10.2. The molecule has 0 aromatic heterocycles. The van der Waals surface area contributed by atoms with Crippen LogP contribution in [0.25, 0.3) is 0 Å². The smallest absolute Gasteiger partial charge is 0.234 e. The van der Waals surface area contributed by atoms with E-state index >= 15 is 0 Å². The fourth-order valence-electron chi connectivity index (χ4n) is 2.98. The molecule has 2 fully saturated rings. The van der Waals surface area contributed by atoms with Crippen molar-refractivity contribution in [3.63, 3.8) is 0 Å². The average Bonchev–Trinajstić information content (AvgIpc) is 3.09. The highest BCUT2D eigenvalue weighted by molar-refractivity contribution is 8.00. The summed E-state index contributed by atoms with van der Waals surface area (Å²) in [5, 5.41) is 2.82. The van der Waals surface area contributed by atoms with E-state index in [0.29, 0.717) is 44.2 Å². The number of thioether (sulfide) groups is 1. The molecule has 7 nitrogen and oxygen atoms in total. The predicted molar refractivity (Wildman–Crippen MR) is 101 cm³/mol. The van der Waals surface area contributed by atoms with E-state index in [9.17, 15) is 14.4 Å². The molecular weight excluding hydrogens is 354 g/mol. The minimum absolute atomic E-state index is 0.0470. The molecule has 0 saturated carbocycles. The van der Waals surface area contributed by atoms with E-state index in [4.69, 9.17) is 4.74 Å². The lowest BCUT2D eigenvalue weighted by Crippen LogP contribution is -2.41. The second kappa shape index (κ2) is 9.05. The van der Waals surface area contributed by atoms with Gasteiger partial charge in [0, 0.05) is 37.4 Å². The van der Waals surface area contributed by atoms with Crippen molar-refractivity contribution in [2.45, 2.75) is 12.8 Å². The van der Waals surface area contributed by atoms with Gasteiger partial charge in [0.2, 0.25) is 17.7 Å². The van der Waals surface area contributed by atoms with Gasteiger partial charge in [0.1, 0.15) is 0 Å². The summed E-state index contributed by atoms with van der Waals surface area (Å²) < 4.78 is 5.22. The first-order valence-electron chi connectivity index (χ1n) is 8.77. The van der Waals surface area contributed by atoms with Crippen molar-refractivity contribution in [1.82, 2.24) is 4.90 Å². The third-order valence-corrected chi connectivity index (χ3v) is 5.28. The summed E-state index contributed by atoms with van der Waals surface area (Å²) in [7, 11) is 0. The first-order valence-corrected chi connectivity index (χ1v) is 9.92. The van der Waals surface area contributed by atoms with Crippen LogP contribution in [0, 0.1) is 0 Å². The molecule has 1 N–H and O–H groups in total. The Balaban J connectivity index is 1.40. The van der Waals surface area contributed by atoms with Crippen molar-refractivity contribution in [3.8, 4) is 0 Å². The lowest BCUT2D eigenvalue weighted by molar-refractivity contribution is -0.132. The van der Waals surface area contributed by atoms with Crippen molar-refractivity contribution in [2.75, 3.05) is 54.6 Å². The maximum atomic E-state index is 12.0. The molecule has 0 spiro atoms. The fraction of sp³-hybridized carbons (Fsp3) is 0.500. The van der Waals surface area contributed by atoms with Crippen LogP contribution in [-0.4, -0.2) is 67.0 Å². The summed E-state index contributed by atoms with van der Waals surface area (Å²) in [6.45, 7) is 3.15. The summed E-state index contributed by atoms with van der Waals surface area (Å²) >= 11 is 1.31. The second-order valence-corrected chi connectivity index (χ2v) is 7.22. The zero-order valence-electron chi connectivity index (χ0n) is 14.6. The molecule has 26 heavy (non-hydrogen) atoms. The highest BCUT2D eigenvalue weighted by atomic mass is 32.2. The summed E-state index contributed by atoms with van der Waals surface area (Å²) in [5.41, 5.74) is 1.54. The molecule has 140 valence electrons. The van der Waals surface area contributed by atoms with Crippen molar-refractivity contribution < 1.29 is 19.1 Å². The van der Waals surface area contributed by atoms with Crippen LogP contribution < -0.4 is 10.2 Å².